The Labute approximate surface area is 71.0 Å². The SMILES string of the molecule is CCN(C)Cc1nn(C)c(=O)[nH]1. The smallest absolute Gasteiger partial charge is 0.299 e. The van der Waals surface area contributed by atoms with Gasteiger partial charge in [0.1, 0.15) is 5.82 Å². The summed E-state index contributed by atoms with van der Waals surface area (Å²) in [5.41, 5.74) is -0.158. The van der Waals surface area contributed by atoms with Crippen molar-refractivity contribution < 1.29 is 0 Å². The molecule has 0 amide bonds. The Morgan fingerprint density at radius 1 is 1.67 bits per heavy atom. The average molecular weight is 170 g/mol. The van der Waals surface area contributed by atoms with Crippen LogP contribution in [-0.4, -0.2) is 33.3 Å². The maximum atomic E-state index is 10.9. The van der Waals surface area contributed by atoms with Gasteiger partial charge in [-0.1, -0.05) is 6.92 Å². The number of aromatic nitrogens is 3. The molecule has 0 saturated heterocycles. The molecule has 0 aliphatic carbocycles. The molecule has 0 aliphatic heterocycles. The topological polar surface area (TPSA) is 53.9 Å². The Hall–Kier alpha value is -1.10. The van der Waals surface area contributed by atoms with Gasteiger partial charge in [-0.3, -0.25) is 9.88 Å². The first-order valence-corrected chi connectivity index (χ1v) is 3.94. The van der Waals surface area contributed by atoms with Crippen LogP contribution in [0.2, 0.25) is 0 Å². The van der Waals surface area contributed by atoms with Crippen molar-refractivity contribution in [3.63, 3.8) is 0 Å². The van der Waals surface area contributed by atoms with E-state index >= 15 is 0 Å². The number of rotatable bonds is 3. The predicted molar refractivity (Wildman–Crippen MR) is 45.8 cm³/mol. The summed E-state index contributed by atoms with van der Waals surface area (Å²) < 4.78 is 1.30. The first-order chi connectivity index (χ1) is 5.63. The molecule has 0 spiro atoms. The van der Waals surface area contributed by atoms with Gasteiger partial charge in [-0.15, -0.1) is 0 Å². The maximum absolute atomic E-state index is 10.9. The molecule has 0 bridgehead atoms. The molecule has 1 heterocycles. The monoisotopic (exact) mass is 170 g/mol. The van der Waals surface area contributed by atoms with Crippen LogP contribution in [0.4, 0.5) is 0 Å². The fourth-order valence-corrected chi connectivity index (χ4v) is 0.894. The van der Waals surface area contributed by atoms with Crippen molar-refractivity contribution in [1.29, 1.82) is 0 Å². The molecular weight excluding hydrogens is 156 g/mol. The van der Waals surface area contributed by atoms with Gasteiger partial charge < -0.3 is 0 Å². The molecule has 0 unspecified atom stereocenters. The summed E-state index contributed by atoms with van der Waals surface area (Å²) in [5.74, 6) is 0.715. The molecule has 0 atom stereocenters. The summed E-state index contributed by atoms with van der Waals surface area (Å²) in [7, 11) is 3.61. The van der Waals surface area contributed by atoms with E-state index in [1.165, 1.54) is 4.68 Å². The summed E-state index contributed by atoms with van der Waals surface area (Å²) in [4.78, 5) is 15.7. The Morgan fingerprint density at radius 2 is 2.33 bits per heavy atom. The van der Waals surface area contributed by atoms with Crippen LogP contribution in [0.3, 0.4) is 0 Å². The first kappa shape index (κ1) is 8.99. The number of aryl methyl sites for hydroxylation is 1. The summed E-state index contributed by atoms with van der Waals surface area (Å²) in [6.07, 6.45) is 0. The maximum Gasteiger partial charge on any atom is 0.343 e. The van der Waals surface area contributed by atoms with E-state index in [1.54, 1.807) is 7.05 Å². The van der Waals surface area contributed by atoms with Gasteiger partial charge >= 0.3 is 5.69 Å². The minimum atomic E-state index is -0.158. The van der Waals surface area contributed by atoms with Gasteiger partial charge in [0.15, 0.2) is 0 Å². The Balaban J connectivity index is 2.70. The van der Waals surface area contributed by atoms with Crippen LogP contribution >= 0.6 is 0 Å². The normalized spacial score (nSPS) is 11.0. The largest absolute Gasteiger partial charge is 0.343 e. The van der Waals surface area contributed by atoms with Crippen LogP contribution in [0, 0.1) is 0 Å². The molecule has 0 radical (unpaired) electrons. The van der Waals surface area contributed by atoms with E-state index in [1.807, 2.05) is 7.05 Å². The molecule has 1 aromatic heterocycles. The van der Waals surface area contributed by atoms with E-state index in [2.05, 4.69) is 21.9 Å². The molecule has 5 nitrogen and oxygen atoms in total. The van der Waals surface area contributed by atoms with Gasteiger partial charge in [0.05, 0.1) is 6.54 Å². The van der Waals surface area contributed by atoms with E-state index in [9.17, 15) is 4.79 Å². The highest BCUT2D eigenvalue weighted by Crippen LogP contribution is 1.91. The molecule has 0 aliphatic rings. The van der Waals surface area contributed by atoms with E-state index in [0.29, 0.717) is 12.4 Å². The van der Waals surface area contributed by atoms with Crippen LogP contribution in [-0.2, 0) is 13.6 Å². The van der Waals surface area contributed by atoms with Crippen LogP contribution in [0.15, 0.2) is 4.79 Å². The fraction of sp³-hybridized carbons (Fsp3) is 0.714. The Kier molecular flexibility index (Phi) is 2.65. The number of nitrogens with one attached hydrogen (secondary N) is 1. The third kappa shape index (κ3) is 1.94. The highest BCUT2D eigenvalue weighted by molar-refractivity contribution is 4.80. The van der Waals surface area contributed by atoms with Gasteiger partial charge in [-0.05, 0) is 13.6 Å². The summed E-state index contributed by atoms with van der Waals surface area (Å²) in [6.45, 7) is 3.69. The lowest BCUT2D eigenvalue weighted by molar-refractivity contribution is 0.336. The molecule has 0 saturated carbocycles. The van der Waals surface area contributed by atoms with Gasteiger partial charge in [0, 0.05) is 7.05 Å². The van der Waals surface area contributed by atoms with Crippen LogP contribution < -0.4 is 5.69 Å². The van der Waals surface area contributed by atoms with Crippen molar-refractivity contribution in [2.45, 2.75) is 13.5 Å². The van der Waals surface area contributed by atoms with E-state index < -0.39 is 0 Å². The Morgan fingerprint density at radius 3 is 2.75 bits per heavy atom. The minimum Gasteiger partial charge on any atom is -0.299 e. The fourth-order valence-electron chi connectivity index (χ4n) is 0.894. The molecule has 0 fully saturated rings. The first-order valence-electron chi connectivity index (χ1n) is 3.94. The van der Waals surface area contributed by atoms with Crippen molar-refractivity contribution in [2.24, 2.45) is 7.05 Å². The van der Waals surface area contributed by atoms with Gasteiger partial charge in [0.2, 0.25) is 0 Å². The molecular formula is C7H14N4O. The van der Waals surface area contributed by atoms with Crippen molar-refractivity contribution in [2.75, 3.05) is 13.6 Å². The highest BCUT2D eigenvalue weighted by atomic mass is 16.1. The lowest BCUT2D eigenvalue weighted by Crippen LogP contribution is -2.18. The van der Waals surface area contributed by atoms with Crippen LogP contribution in [0.1, 0.15) is 12.7 Å². The number of nitrogens with zero attached hydrogens (tertiary/aromatic N) is 3. The van der Waals surface area contributed by atoms with E-state index in [-0.39, 0.29) is 5.69 Å². The van der Waals surface area contributed by atoms with E-state index in [4.69, 9.17) is 0 Å². The molecule has 0 aromatic carbocycles. The molecule has 12 heavy (non-hydrogen) atoms. The lowest BCUT2D eigenvalue weighted by atomic mass is 10.5. The second-order valence-corrected chi connectivity index (χ2v) is 2.83. The Bertz CT molecular complexity index is 301. The quantitative estimate of drug-likeness (QED) is 0.669. The number of H-pyrrole nitrogens is 1. The summed E-state index contributed by atoms with van der Waals surface area (Å²) in [5, 5.41) is 4.01. The number of hydrogen-bond donors (Lipinski definition) is 1. The second kappa shape index (κ2) is 3.53. The zero-order valence-corrected chi connectivity index (χ0v) is 7.66. The van der Waals surface area contributed by atoms with E-state index in [0.717, 1.165) is 6.54 Å². The molecule has 1 N–H and O–H groups in total. The second-order valence-electron chi connectivity index (χ2n) is 2.83. The van der Waals surface area contributed by atoms with Crippen LogP contribution in [0.5, 0.6) is 0 Å². The molecule has 1 aromatic rings. The van der Waals surface area contributed by atoms with Crippen molar-refractivity contribution >= 4 is 0 Å². The third-order valence-electron chi connectivity index (χ3n) is 1.78. The molecule has 68 valence electrons. The van der Waals surface area contributed by atoms with Gasteiger partial charge in [-0.25, -0.2) is 9.48 Å². The number of aromatic amines is 1. The minimum absolute atomic E-state index is 0.158. The van der Waals surface area contributed by atoms with Gasteiger partial charge in [-0.2, -0.15) is 5.10 Å². The zero-order valence-electron chi connectivity index (χ0n) is 7.66. The standard InChI is InChI=1S/C7H14N4O/c1-4-10(2)5-6-8-7(12)11(3)9-6/h4-5H2,1-3H3,(H,8,9,12). The lowest BCUT2D eigenvalue weighted by Gasteiger charge is -2.09. The van der Waals surface area contributed by atoms with Gasteiger partial charge in [0.25, 0.3) is 0 Å². The van der Waals surface area contributed by atoms with Crippen molar-refractivity contribution in [3.8, 4) is 0 Å². The van der Waals surface area contributed by atoms with Crippen molar-refractivity contribution in [1.82, 2.24) is 19.7 Å². The highest BCUT2D eigenvalue weighted by Gasteiger charge is 2.02. The molecule has 5 heteroatoms. The predicted octanol–water partition coefficient (Wildman–Crippen LogP) is -0.440. The molecule has 1 rings (SSSR count). The van der Waals surface area contributed by atoms with Crippen molar-refractivity contribution in [3.05, 3.63) is 16.3 Å². The summed E-state index contributed by atoms with van der Waals surface area (Å²) >= 11 is 0. The number of hydrogen-bond acceptors (Lipinski definition) is 3. The average Bonchev–Trinajstić information content (AvgIpc) is 2.31. The summed E-state index contributed by atoms with van der Waals surface area (Å²) in [6, 6.07) is 0. The zero-order chi connectivity index (χ0) is 9.14. The van der Waals surface area contributed by atoms with Crippen LogP contribution in [0.25, 0.3) is 0 Å². The third-order valence-corrected chi connectivity index (χ3v) is 1.78.